The summed E-state index contributed by atoms with van der Waals surface area (Å²) >= 11 is 0. The molecule has 0 amide bonds. The highest BCUT2D eigenvalue weighted by molar-refractivity contribution is 4.83. The molecule has 0 rings (SSSR count). The third-order valence-electron chi connectivity index (χ3n) is 3.77. The first-order valence-corrected chi connectivity index (χ1v) is 7.13. The van der Waals surface area contributed by atoms with Crippen LogP contribution in [0.1, 0.15) is 47.0 Å². The Balaban J connectivity index is 4.39. The van der Waals surface area contributed by atoms with Crippen LogP contribution in [-0.2, 0) is 0 Å². The SMILES string of the molecule is CCC(CC)(CNC(C)C)CN(C)CCC(F)(F)F. The van der Waals surface area contributed by atoms with Crippen molar-refractivity contribution in [3.8, 4) is 0 Å². The molecule has 0 aliphatic heterocycles. The summed E-state index contributed by atoms with van der Waals surface area (Å²) in [5.41, 5.74) is 0.0601. The van der Waals surface area contributed by atoms with Gasteiger partial charge in [0.1, 0.15) is 0 Å². The average molecular weight is 282 g/mol. The van der Waals surface area contributed by atoms with E-state index in [0.29, 0.717) is 12.6 Å². The predicted molar refractivity (Wildman–Crippen MR) is 74.3 cm³/mol. The molecule has 0 radical (unpaired) electrons. The molecule has 0 spiro atoms. The van der Waals surface area contributed by atoms with Gasteiger partial charge < -0.3 is 10.2 Å². The lowest BCUT2D eigenvalue weighted by Crippen LogP contribution is -2.44. The maximum absolute atomic E-state index is 12.2. The van der Waals surface area contributed by atoms with Gasteiger partial charge in [-0.1, -0.05) is 27.7 Å². The Kier molecular flexibility index (Phi) is 7.98. The largest absolute Gasteiger partial charge is 0.390 e. The highest BCUT2D eigenvalue weighted by Crippen LogP contribution is 2.27. The third-order valence-corrected chi connectivity index (χ3v) is 3.77. The van der Waals surface area contributed by atoms with Gasteiger partial charge in [0, 0.05) is 25.7 Å². The van der Waals surface area contributed by atoms with Crippen LogP contribution >= 0.6 is 0 Å². The lowest BCUT2D eigenvalue weighted by molar-refractivity contribution is -0.138. The van der Waals surface area contributed by atoms with Crippen molar-refractivity contribution in [1.29, 1.82) is 0 Å². The number of halogens is 3. The molecule has 116 valence electrons. The van der Waals surface area contributed by atoms with E-state index < -0.39 is 12.6 Å². The summed E-state index contributed by atoms with van der Waals surface area (Å²) in [6, 6.07) is 0.401. The average Bonchev–Trinajstić information content (AvgIpc) is 2.31. The van der Waals surface area contributed by atoms with Gasteiger partial charge in [-0.15, -0.1) is 0 Å². The number of alkyl halides is 3. The van der Waals surface area contributed by atoms with Crippen LogP contribution in [0.5, 0.6) is 0 Å². The molecule has 0 aromatic carbocycles. The molecule has 0 heterocycles. The van der Waals surface area contributed by atoms with Gasteiger partial charge in [0.05, 0.1) is 6.42 Å². The van der Waals surface area contributed by atoms with Crippen LogP contribution in [0.25, 0.3) is 0 Å². The zero-order valence-corrected chi connectivity index (χ0v) is 12.9. The van der Waals surface area contributed by atoms with Gasteiger partial charge in [0.2, 0.25) is 0 Å². The number of rotatable bonds is 9. The minimum absolute atomic E-state index is 0.0601. The molecule has 0 unspecified atom stereocenters. The monoisotopic (exact) mass is 282 g/mol. The second-order valence-corrected chi connectivity index (χ2v) is 5.85. The zero-order valence-electron chi connectivity index (χ0n) is 12.9. The van der Waals surface area contributed by atoms with E-state index >= 15 is 0 Å². The van der Waals surface area contributed by atoms with Crippen molar-refractivity contribution in [2.75, 3.05) is 26.7 Å². The minimum atomic E-state index is -4.06. The van der Waals surface area contributed by atoms with Gasteiger partial charge in [0.15, 0.2) is 0 Å². The van der Waals surface area contributed by atoms with Crippen molar-refractivity contribution >= 4 is 0 Å². The number of nitrogens with zero attached hydrogens (tertiary/aromatic N) is 1. The van der Waals surface area contributed by atoms with E-state index in [1.807, 2.05) is 4.90 Å². The van der Waals surface area contributed by atoms with Crippen LogP contribution in [-0.4, -0.2) is 43.8 Å². The molecule has 0 saturated carbocycles. The van der Waals surface area contributed by atoms with Gasteiger partial charge in [-0.25, -0.2) is 0 Å². The molecule has 0 bridgehead atoms. The molecule has 0 aliphatic rings. The Morgan fingerprint density at radius 2 is 1.63 bits per heavy atom. The van der Waals surface area contributed by atoms with Crippen molar-refractivity contribution < 1.29 is 13.2 Å². The molecular formula is C14H29F3N2. The molecule has 0 atom stereocenters. The highest BCUT2D eigenvalue weighted by Gasteiger charge is 2.31. The first kappa shape index (κ1) is 18.7. The molecule has 0 fully saturated rings. The standard InChI is InChI=1S/C14H29F3N2/c1-6-13(7-2,10-18-12(3)4)11-19(5)9-8-14(15,16)17/h12,18H,6-11H2,1-5H3. The van der Waals surface area contributed by atoms with E-state index in [4.69, 9.17) is 0 Å². The topological polar surface area (TPSA) is 15.3 Å². The third kappa shape index (κ3) is 8.47. The molecule has 2 nitrogen and oxygen atoms in total. The van der Waals surface area contributed by atoms with Crippen molar-refractivity contribution in [2.24, 2.45) is 5.41 Å². The lowest BCUT2D eigenvalue weighted by atomic mass is 9.81. The van der Waals surface area contributed by atoms with Gasteiger partial charge in [0.25, 0.3) is 0 Å². The first-order chi connectivity index (χ1) is 8.64. The number of hydrogen-bond acceptors (Lipinski definition) is 2. The van der Waals surface area contributed by atoms with Gasteiger partial charge in [-0.3, -0.25) is 0 Å². The predicted octanol–water partition coefficient (Wildman–Crippen LogP) is 3.68. The fourth-order valence-electron chi connectivity index (χ4n) is 2.17. The summed E-state index contributed by atoms with van der Waals surface area (Å²) in [5, 5.41) is 3.42. The minimum Gasteiger partial charge on any atom is -0.314 e. The molecular weight excluding hydrogens is 253 g/mol. The van der Waals surface area contributed by atoms with Gasteiger partial charge in [-0.2, -0.15) is 13.2 Å². The summed E-state index contributed by atoms with van der Waals surface area (Å²) < 4.78 is 36.7. The van der Waals surface area contributed by atoms with Crippen LogP contribution in [0.3, 0.4) is 0 Å². The fraction of sp³-hybridized carbons (Fsp3) is 1.00. The van der Waals surface area contributed by atoms with E-state index in [9.17, 15) is 13.2 Å². The highest BCUT2D eigenvalue weighted by atomic mass is 19.4. The van der Waals surface area contributed by atoms with Crippen LogP contribution < -0.4 is 5.32 Å². The molecule has 0 aromatic heterocycles. The second kappa shape index (κ2) is 8.10. The van der Waals surface area contributed by atoms with Crippen molar-refractivity contribution in [1.82, 2.24) is 10.2 Å². The summed E-state index contributed by atoms with van der Waals surface area (Å²) in [4.78, 5) is 1.81. The van der Waals surface area contributed by atoms with Crippen molar-refractivity contribution in [3.05, 3.63) is 0 Å². The quantitative estimate of drug-likeness (QED) is 0.694. The Morgan fingerprint density at radius 1 is 1.11 bits per heavy atom. The summed E-state index contributed by atoms with van der Waals surface area (Å²) in [6.45, 7) is 10.0. The Hall–Kier alpha value is -0.290. The van der Waals surface area contributed by atoms with Crippen LogP contribution in [0, 0.1) is 5.41 Å². The summed E-state index contributed by atoms with van der Waals surface area (Å²) in [5.74, 6) is 0. The van der Waals surface area contributed by atoms with Gasteiger partial charge >= 0.3 is 6.18 Å². The van der Waals surface area contributed by atoms with E-state index in [-0.39, 0.29) is 12.0 Å². The smallest absolute Gasteiger partial charge is 0.314 e. The Morgan fingerprint density at radius 3 is 2.00 bits per heavy atom. The Labute approximate surface area is 115 Å². The van der Waals surface area contributed by atoms with Crippen molar-refractivity contribution in [3.63, 3.8) is 0 Å². The summed E-state index contributed by atoms with van der Waals surface area (Å²) in [7, 11) is 1.78. The van der Waals surface area contributed by atoms with Crippen molar-refractivity contribution in [2.45, 2.75) is 59.2 Å². The summed E-state index contributed by atoms with van der Waals surface area (Å²) in [6.07, 6.45) is -2.85. The van der Waals surface area contributed by atoms with Crippen LogP contribution in [0.4, 0.5) is 13.2 Å². The molecule has 0 aromatic rings. The molecule has 0 saturated heterocycles. The maximum atomic E-state index is 12.2. The molecule has 0 aliphatic carbocycles. The van der Waals surface area contributed by atoms with E-state index in [2.05, 4.69) is 33.0 Å². The molecule has 1 N–H and O–H groups in total. The maximum Gasteiger partial charge on any atom is 0.390 e. The molecule has 5 heteroatoms. The Bertz CT molecular complexity index is 235. The van der Waals surface area contributed by atoms with Crippen LogP contribution in [0.15, 0.2) is 0 Å². The normalized spacial score (nSPS) is 13.6. The van der Waals surface area contributed by atoms with E-state index in [1.54, 1.807) is 7.05 Å². The first-order valence-electron chi connectivity index (χ1n) is 7.13. The van der Waals surface area contributed by atoms with E-state index in [1.165, 1.54) is 0 Å². The second-order valence-electron chi connectivity index (χ2n) is 5.85. The molecule has 19 heavy (non-hydrogen) atoms. The van der Waals surface area contributed by atoms with E-state index in [0.717, 1.165) is 19.4 Å². The van der Waals surface area contributed by atoms with Crippen LogP contribution in [0.2, 0.25) is 0 Å². The van der Waals surface area contributed by atoms with Gasteiger partial charge in [-0.05, 0) is 25.3 Å². The lowest BCUT2D eigenvalue weighted by Gasteiger charge is -2.37. The zero-order chi connectivity index (χ0) is 15.1. The fourth-order valence-corrected chi connectivity index (χ4v) is 2.17. The number of hydrogen-bond donors (Lipinski definition) is 1. The number of nitrogens with one attached hydrogen (secondary N) is 1.